The number of carbonyl (C=O) groups is 1. The van der Waals surface area contributed by atoms with Gasteiger partial charge >= 0.3 is 0 Å². The second-order valence-corrected chi connectivity index (χ2v) is 5.74. The van der Waals surface area contributed by atoms with Gasteiger partial charge in [-0.15, -0.1) is 0 Å². The van der Waals surface area contributed by atoms with Crippen molar-refractivity contribution in [2.45, 2.75) is 24.6 Å². The molecule has 1 fully saturated rings. The molecular weight excluding hydrogens is 282 g/mol. The molecule has 0 bridgehead atoms. The number of halogens is 1. The summed E-state index contributed by atoms with van der Waals surface area (Å²) in [4.78, 5) is 12.2. The van der Waals surface area contributed by atoms with E-state index < -0.39 is 0 Å². The highest BCUT2D eigenvalue weighted by molar-refractivity contribution is 9.09. The maximum Gasteiger partial charge on any atom is 0.251 e. The predicted molar refractivity (Wildman–Crippen MR) is 70.6 cm³/mol. The van der Waals surface area contributed by atoms with E-state index in [9.17, 15) is 9.90 Å². The number of rotatable bonds is 4. The summed E-state index contributed by atoms with van der Waals surface area (Å²) in [6, 6.07) is 4.89. The average Bonchev–Trinajstić information content (AvgIpc) is 3.13. The van der Waals surface area contributed by atoms with Gasteiger partial charge in [-0.1, -0.05) is 15.9 Å². The number of benzene rings is 1. The van der Waals surface area contributed by atoms with Gasteiger partial charge in [-0.25, -0.2) is 0 Å². The van der Waals surface area contributed by atoms with E-state index in [2.05, 4.69) is 21.2 Å². The number of carbonyl (C=O) groups excluding carboxylic acids is 1. The molecule has 1 aliphatic carbocycles. The molecule has 0 aromatic heterocycles. The maximum absolute atomic E-state index is 11.8. The second kappa shape index (κ2) is 5.08. The van der Waals surface area contributed by atoms with Crippen LogP contribution in [0.5, 0.6) is 5.75 Å². The first kappa shape index (κ1) is 12.4. The number of aromatic hydroxyl groups is 1. The number of amides is 1. The Hall–Kier alpha value is -1.03. The summed E-state index contributed by atoms with van der Waals surface area (Å²) in [5, 5.41) is 12.3. The van der Waals surface area contributed by atoms with E-state index in [0.717, 1.165) is 11.5 Å². The van der Waals surface area contributed by atoms with E-state index in [1.807, 2.05) is 0 Å². The van der Waals surface area contributed by atoms with Crippen molar-refractivity contribution in [3.05, 3.63) is 29.3 Å². The fourth-order valence-corrected chi connectivity index (χ4v) is 2.40. The molecule has 1 saturated carbocycles. The van der Waals surface area contributed by atoms with E-state index in [0.29, 0.717) is 16.9 Å². The molecule has 2 N–H and O–H groups in total. The smallest absolute Gasteiger partial charge is 0.251 e. The van der Waals surface area contributed by atoms with Gasteiger partial charge in [0.1, 0.15) is 5.75 Å². The molecule has 17 heavy (non-hydrogen) atoms. The third kappa shape index (κ3) is 3.22. The van der Waals surface area contributed by atoms with Crippen molar-refractivity contribution in [3.8, 4) is 5.75 Å². The summed E-state index contributed by atoms with van der Waals surface area (Å²) in [6.07, 6.45) is 2.51. The Kier molecular flexibility index (Phi) is 3.72. The number of aryl methyl sites for hydroxylation is 1. The standard InChI is InChI=1S/C13H16BrNO2/c1-8-6-10(4-5-12(8)16)13(17)15-7-11(14)9-2-3-9/h4-6,9,11,16H,2-3,7H2,1H3,(H,15,17). The van der Waals surface area contributed by atoms with Gasteiger partial charge in [0.2, 0.25) is 0 Å². The maximum atomic E-state index is 11.8. The first-order valence-corrected chi connectivity index (χ1v) is 6.71. The van der Waals surface area contributed by atoms with Gasteiger partial charge < -0.3 is 10.4 Å². The predicted octanol–water partition coefficient (Wildman–Crippen LogP) is 2.60. The van der Waals surface area contributed by atoms with Crippen molar-refractivity contribution in [1.29, 1.82) is 0 Å². The topological polar surface area (TPSA) is 49.3 Å². The Morgan fingerprint density at radius 1 is 1.59 bits per heavy atom. The van der Waals surface area contributed by atoms with E-state index >= 15 is 0 Å². The zero-order chi connectivity index (χ0) is 12.4. The average molecular weight is 298 g/mol. The number of phenols is 1. The molecule has 1 aromatic carbocycles. The van der Waals surface area contributed by atoms with Gasteiger partial charge in [0.25, 0.3) is 5.91 Å². The van der Waals surface area contributed by atoms with Crippen LogP contribution in [0.25, 0.3) is 0 Å². The van der Waals surface area contributed by atoms with Crippen molar-refractivity contribution in [3.63, 3.8) is 0 Å². The lowest BCUT2D eigenvalue weighted by molar-refractivity contribution is 0.0953. The van der Waals surface area contributed by atoms with Crippen LogP contribution in [0.4, 0.5) is 0 Å². The third-order valence-electron chi connectivity index (χ3n) is 3.05. The Balaban J connectivity index is 1.92. The van der Waals surface area contributed by atoms with Crippen LogP contribution in [0.15, 0.2) is 18.2 Å². The molecule has 4 heteroatoms. The molecule has 0 heterocycles. The van der Waals surface area contributed by atoms with Gasteiger partial charge in [0, 0.05) is 16.9 Å². The van der Waals surface area contributed by atoms with Crippen LogP contribution in [-0.4, -0.2) is 22.4 Å². The van der Waals surface area contributed by atoms with Gasteiger partial charge in [0.15, 0.2) is 0 Å². The third-order valence-corrected chi connectivity index (χ3v) is 4.12. The first-order chi connectivity index (χ1) is 8.08. The van der Waals surface area contributed by atoms with Crippen LogP contribution in [0.2, 0.25) is 0 Å². The van der Waals surface area contributed by atoms with Crippen molar-refractivity contribution in [2.75, 3.05) is 6.54 Å². The lowest BCUT2D eigenvalue weighted by Crippen LogP contribution is -2.30. The molecule has 0 saturated heterocycles. The van der Waals surface area contributed by atoms with Gasteiger partial charge in [-0.2, -0.15) is 0 Å². The zero-order valence-electron chi connectivity index (χ0n) is 9.74. The van der Waals surface area contributed by atoms with Crippen LogP contribution in [0.3, 0.4) is 0 Å². The summed E-state index contributed by atoms with van der Waals surface area (Å²) in [5.74, 6) is 0.855. The first-order valence-electron chi connectivity index (χ1n) is 5.80. The number of hydrogen-bond donors (Lipinski definition) is 2. The molecule has 92 valence electrons. The molecule has 1 atom stereocenters. The number of nitrogens with one attached hydrogen (secondary N) is 1. The van der Waals surface area contributed by atoms with E-state index in [1.165, 1.54) is 12.8 Å². The number of hydrogen-bond acceptors (Lipinski definition) is 2. The van der Waals surface area contributed by atoms with Crippen molar-refractivity contribution >= 4 is 21.8 Å². The normalized spacial score (nSPS) is 16.6. The Labute approximate surface area is 109 Å². The summed E-state index contributed by atoms with van der Waals surface area (Å²) < 4.78 is 0. The summed E-state index contributed by atoms with van der Waals surface area (Å²) in [6.45, 7) is 2.44. The van der Waals surface area contributed by atoms with E-state index in [-0.39, 0.29) is 11.7 Å². The number of alkyl halides is 1. The lowest BCUT2D eigenvalue weighted by Gasteiger charge is -2.10. The summed E-state index contributed by atoms with van der Waals surface area (Å²) >= 11 is 3.58. The molecular formula is C13H16BrNO2. The molecule has 2 rings (SSSR count). The number of phenolic OH excluding ortho intramolecular Hbond substituents is 1. The monoisotopic (exact) mass is 297 g/mol. The van der Waals surface area contributed by atoms with Crippen molar-refractivity contribution in [2.24, 2.45) is 5.92 Å². The highest BCUT2D eigenvalue weighted by Crippen LogP contribution is 2.36. The fraction of sp³-hybridized carbons (Fsp3) is 0.462. The van der Waals surface area contributed by atoms with Crippen LogP contribution in [-0.2, 0) is 0 Å². The quantitative estimate of drug-likeness (QED) is 0.839. The van der Waals surface area contributed by atoms with Crippen LogP contribution < -0.4 is 5.32 Å². The van der Waals surface area contributed by atoms with E-state index in [4.69, 9.17) is 0 Å². The SMILES string of the molecule is Cc1cc(C(=O)NCC(Br)C2CC2)ccc1O. The molecule has 0 radical (unpaired) electrons. The molecule has 1 amide bonds. The lowest BCUT2D eigenvalue weighted by atomic mass is 10.1. The minimum absolute atomic E-state index is 0.0850. The molecule has 0 aliphatic heterocycles. The van der Waals surface area contributed by atoms with Crippen LogP contribution in [0, 0.1) is 12.8 Å². The summed E-state index contributed by atoms with van der Waals surface area (Å²) in [5.41, 5.74) is 1.31. The van der Waals surface area contributed by atoms with Crippen molar-refractivity contribution < 1.29 is 9.90 Å². The van der Waals surface area contributed by atoms with Gasteiger partial charge in [-0.05, 0) is 49.4 Å². The highest BCUT2D eigenvalue weighted by atomic mass is 79.9. The minimum atomic E-state index is -0.0850. The Morgan fingerprint density at radius 3 is 2.88 bits per heavy atom. The molecule has 1 aliphatic rings. The molecule has 1 unspecified atom stereocenters. The largest absolute Gasteiger partial charge is 0.508 e. The fourth-order valence-electron chi connectivity index (χ4n) is 1.71. The zero-order valence-corrected chi connectivity index (χ0v) is 11.3. The minimum Gasteiger partial charge on any atom is -0.508 e. The Bertz CT molecular complexity index is 429. The van der Waals surface area contributed by atoms with Crippen LogP contribution >= 0.6 is 15.9 Å². The molecule has 3 nitrogen and oxygen atoms in total. The second-order valence-electron chi connectivity index (χ2n) is 4.56. The van der Waals surface area contributed by atoms with Crippen LogP contribution in [0.1, 0.15) is 28.8 Å². The summed E-state index contributed by atoms with van der Waals surface area (Å²) in [7, 11) is 0. The van der Waals surface area contributed by atoms with E-state index in [1.54, 1.807) is 25.1 Å². The molecule has 1 aromatic rings. The van der Waals surface area contributed by atoms with Crippen molar-refractivity contribution in [1.82, 2.24) is 5.32 Å². The van der Waals surface area contributed by atoms with Gasteiger partial charge in [0.05, 0.1) is 0 Å². The Morgan fingerprint density at radius 2 is 2.29 bits per heavy atom. The van der Waals surface area contributed by atoms with Gasteiger partial charge in [-0.3, -0.25) is 4.79 Å². The highest BCUT2D eigenvalue weighted by Gasteiger charge is 2.29. The molecule has 0 spiro atoms.